The van der Waals surface area contributed by atoms with Crippen LogP contribution in [0.15, 0.2) is 63.0 Å². The minimum Gasteiger partial charge on any atom is -0.338 e. The monoisotopic (exact) mass is 474 g/mol. The maximum absolute atomic E-state index is 13.1. The first kappa shape index (κ1) is 22.3. The second-order valence-corrected chi connectivity index (χ2v) is 9.09. The molecule has 0 saturated heterocycles. The molecule has 0 bridgehead atoms. The van der Waals surface area contributed by atoms with Crippen LogP contribution in [0.1, 0.15) is 44.6 Å². The maximum Gasteiger partial charge on any atom is 0.262 e. The number of aromatic nitrogens is 6. The molecular formula is C25H26N6O2S. The summed E-state index contributed by atoms with van der Waals surface area (Å²) in [6.07, 6.45) is 4.05. The fraction of sp³-hybridized carbons (Fsp3) is 0.320. The molecule has 0 fully saturated rings. The lowest BCUT2D eigenvalue weighted by atomic mass is 10.1. The zero-order valence-electron chi connectivity index (χ0n) is 19.3. The number of fused-ring (bicyclic) bond motifs is 3. The van der Waals surface area contributed by atoms with Crippen molar-refractivity contribution in [2.45, 2.75) is 57.0 Å². The highest BCUT2D eigenvalue weighted by atomic mass is 32.2. The van der Waals surface area contributed by atoms with Gasteiger partial charge in [-0.1, -0.05) is 80.0 Å². The molecule has 0 aliphatic carbocycles. The van der Waals surface area contributed by atoms with Gasteiger partial charge in [0, 0.05) is 12.1 Å². The van der Waals surface area contributed by atoms with E-state index in [0.717, 1.165) is 36.8 Å². The van der Waals surface area contributed by atoms with Gasteiger partial charge < -0.3 is 4.52 Å². The first-order valence-corrected chi connectivity index (χ1v) is 12.6. The van der Waals surface area contributed by atoms with Crippen LogP contribution in [0, 0.1) is 0 Å². The van der Waals surface area contributed by atoms with E-state index >= 15 is 0 Å². The van der Waals surface area contributed by atoms with E-state index in [0.29, 0.717) is 40.3 Å². The maximum atomic E-state index is 13.1. The molecule has 8 nitrogen and oxygen atoms in total. The Bertz CT molecular complexity index is 1490. The molecule has 0 saturated carbocycles. The molecule has 174 valence electrons. The lowest BCUT2D eigenvalue weighted by Crippen LogP contribution is -2.23. The third-order valence-corrected chi connectivity index (χ3v) is 6.79. The fourth-order valence-electron chi connectivity index (χ4n) is 4.00. The van der Waals surface area contributed by atoms with E-state index in [1.165, 1.54) is 17.3 Å². The minimum absolute atomic E-state index is 0.0289. The van der Waals surface area contributed by atoms with Gasteiger partial charge in [0.1, 0.15) is 0 Å². The summed E-state index contributed by atoms with van der Waals surface area (Å²) in [6, 6.07) is 15.8. The highest BCUT2D eigenvalue weighted by molar-refractivity contribution is 7.98. The van der Waals surface area contributed by atoms with E-state index in [2.05, 4.69) is 46.3 Å². The Morgan fingerprint density at radius 2 is 1.82 bits per heavy atom. The van der Waals surface area contributed by atoms with Crippen LogP contribution in [0.3, 0.4) is 0 Å². The molecule has 0 radical (unpaired) electrons. The Morgan fingerprint density at radius 3 is 2.62 bits per heavy atom. The summed E-state index contributed by atoms with van der Waals surface area (Å²) in [7, 11) is 0. The quantitative estimate of drug-likeness (QED) is 0.216. The highest BCUT2D eigenvalue weighted by Gasteiger charge is 2.18. The van der Waals surface area contributed by atoms with Crippen LogP contribution in [-0.4, -0.2) is 29.3 Å². The van der Waals surface area contributed by atoms with Crippen molar-refractivity contribution in [3.63, 3.8) is 0 Å². The van der Waals surface area contributed by atoms with Gasteiger partial charge in [-0.3, -0.25) is 13.8 Å². The van der Waals surface area contributed by atoms with Crippen LogP contribution in [0.25, 0.3) is 28.1 Å². The molecule has 0 aliphatic heterocycles. The number of thioether (sulfide) groups is 1. The predicted octanol–water partition coefficient (Wildman–Crippen LogP) is 5.14. The van der Waals surface area contributed by atoms with E-state index in [9.17, 15) is 4.79 Å². The summed E-state index contributed by atoms with van der Waals surface area (Å²) in [5.74, 6) is 2.09. The average Bonchev–Trinajstić information content (AvgIpc) is 3.52. The molecule has 0 amide bonds. The Balaban J connectivity index is 1.44. The average molecular weight is 475 g/mol. The zero-order chi connectivity index (χ0) is 23.5. The normalized spacial score (nSPS) is 11.6. The third kappa shape index (κ3) is 4.23. The zero-order valence-corrected chi connectivity index (χ0v) is 20.1. The van der Waals surface area contributed by atoms with Crippen molar-refractivity contribution in [2.75, 3.05) is 0 Å². The van der Waals surface area contributed by atoms with Crippen molar-refractivity contribution < 1.29 is 4.52 Å². The lowest BCUT2D eigenvalue weighted by molar-refractivity contribution is 0.391. The summed E-state index contributed by atoms with van der Waals surface area (Å²) < 4.78 is 9.18. The number of aryl methyl sites for hydroxylation is 2. The van der Waals surface area contributed by atoms with Crippen LogP contribution >= 0.6 is 11.8 Å². The summed E-state index contributed by atoms with van der Waals surface area (Å²) in [5, 5.41) is 14.3. The SMILES string of the molecule is CCCCCn1c(=O)c2ccccc2n2c(SCc3nc(-c4ccc(CC)cc4)no3)nnc12. The molecule has 9 heteroatoms. The summed E-state index contributed by atoms with van der Waals surface area (Å²) in [5.41, 5.74) is 2.96. The Hall–Kier alpha value is -3.46. The van der Waals surface area contributed by atoms with Crippen LogP contribution in [0.4, 0.5) is 0 Å². The minimum atomic E-state index is -0.0289. The van der Waals surface area contributed by atoms with Crippen LogP contribution < -0.4 is 5.56 Å². The molecule has 3 heterocycles. The van der Waals surface area contributed by atoms with Gasteiger partial charge in [0.05, 0.1) is 16.7 Å². The van der Waals surface area contributed by atoms with Gasteiger partial charge >= 0.3 is 0 Å². The number of para-hydroxylation sites is 1. The molecule has 0 N–H and O–H groups in total. The van der Waals surface area contributed by atoms with E-state index in [4.69, 9.17) is 4.52 Å². The molecular weight excluding hydrogens is 448 g/mol. The summed E-state index contributed by atoms with van der Waals surface area (Å²) >= 11 is 1.46. The van der Waals surface area contributed by atoms with E-state index in [-0.39, 0.29) is 5.56 Å². The number of rotatable bonds is 9. The number of hydrogen-bond acceptors (Lipinski definition) is 7. The fourth-order valence-corrected chi connectivity index (χ4v) is 4.77. The van der Waals surface area contributed by atoms with E-state index in [1.807, 2.05) is 40.8 Å². The number of hydrogen-bond donors (Lipinski definition) is 0. The molecule has 0 aliphatic rings. The first-order chi connectivity index (χ1) is 16.7. The molecule has 2 aromatic carbocycles. The van der Waals surface area contributed by atoms with Gasteiger partial charge in [0.15, 0.2) is 5.16 Å². The Morgan fingerprint density at radius 1 is 1.00 bits per heavy atom. The van der Waals surface area contributed by atoms with Crippen molar-refractivity contribution in [3.8, 4) is 11.4 Å². The van der Waals surface area contributed by atoms with Gasteiger partial charge in [0.2, 0.25) is 17.5 Å². The van der Waals surface area contributed by atoms with Crippen molar-refractivity contribution in [1.29, 1.82) is 0 Å². The highest BCUT2D eigenvalue weighted by Crippen LogP contribution is 2.25. The first-order valence-electron chi connectivity index (χ1n) is 11.6. The second kappa shape index (κ2) is 9.80. The Kier molecular flexibility index (Phi) is 6.44. The third-order valence-electron chi connectivity index (χ3n) is 5.88. The summed E-state index contributed by atoms with van der Waals surface area (Å²) in [6.45, 7) is 4.89. The molecule has 5 aromatic rings. The van der Waals surface area contributed by atoms with Gasteiger partial charge in [0.25, 0.3) is 5.56 Å². The predicted molar refractivity (Wildman–Crippen MR) is 133 cm³/mol. The van der Waals surface area contributed by atoms with Gasteiger partial charge in [-0.15, -0.1) is 10.2 Å². The molecule has 0 atom stereocenters. The van der Waals surface area contributed by atoms with Crippen LogP contribution in [0.2, 0.25) is 0 Å². The topological polar surface area (TPSA) is 91.1 Å². The Labute approximate surface area is 201 Å². The molecule has 0 spiro atoms. The van der Waals surface area contributed by atoms with E-state index in [1.54, 1.807) is 4.57 Å². The number of benzene rings is 2. The van der Waals surface area contributed by atoms with Gasteiger partial charge in [-0.05, 0) is 30.5 Å². The van der Waals surface area contributed by atoms with E-state index < -0.39 is 0 Å². The summed E-state index contributed by atoms with van der Waals surface area (Å²) in [4.78, 5) is 17.7. The molecule has 34 heavy (non-hydrogen) atoms. The molecule has 5 rings (SSSR count). The van der Waals surface area contributed by atoms with Crippen LogP contribution in [0.5, 0.6) is 0 Å². The van der Waals surface area contributed by atoms with Gasteiger partial charge in [-0.25, -0.2) is 0 Å². The van der Waals surface area contributed by atoms with Crippen molar-refractivity contribution in [2.24, 2.45) is 0 Å². The number of unbranched alkanes of at least 4 members (excludes halogenated alkanes) is 2. The largest absolute Gasteiger partial charge is 0.338 e. The van der Waals surface area contributed by atoms with Crippen molar-refractivity contribution in [1.82, 2.24) is 29.3 Å². The molecule has 0 unspecified atom stereocenters. The van der Waals surface area contributed by atoms with Crippen LogP contribution in [-0.2, 0) is 18.7 Å². The number of nitrogens with zero attached hydrogens (tertiary/aromatic N) is 6. The lowest BCUT2D eigenvalue weighted by Gasteiger charge is -2.10. The van der Waals surface area contributed by atoms with Gasteiger partial charge in [-0.2, -0.15) is 4.98 Å². The second-order valence-electron chi connectivity index (χ2n) is 8.15. The van der Waals surface area contributed by atoms with Crippen molar-refractivity contribution >= 4 is 28.4 Å². The standard InChI is InChI=1S/C25H26N6O2S/c1-3-5-8-15-30-23(32)19-9-6-7-10-20(19)31-24(30)27-28-25(31)34-16-21-26-22(29-33-21)18-13-11-17(4-2)12-14-18/h6-7,9-14H,3-5,8,15-16H2,1-2H3. The molecule has 3 aromatic heterocycles. The van der Waals surface area contributed by atoms with Crippen molar-refractivity contribution in [3.05, 3.63) is 70.3 Å². The smallest absolute Gasteiger partial charge is 0.262 e.